The Labute approximate surface area is 204 Å². The van der Waals surface area contributed by atoms with Gasteiger partial charge in [-0.2, -0.15) is 0 Å². The first kappa shape index (κ1) is 27.2. The molecule has 0 saturated heterocycles. The maximum atomic E-state index is 5.82. The third kappa shape index (κ3) is 11.9. The zero-order valence-corrected chi connectivity index (χ0v) is 21.5. The van der Waals surface area contributed by atoms with Crippen LogP contribution in [0.5, 0.6) is 5.75 Å². The first-order chi connectivity index (χ1) is 14.6. The Bertz CT molecular complexity index is 756. The highest BCUT2D eigenvalue weighted by Gasteiger charge is 2.05. The standard InChI is InChI=1S/C24H36N4O2.HI/c1-20(18-29-19-21-9-6-5-7-10-21)16-26-24(25-2)27-17-22-11-8-12-23(15-22)30-14-13-28(3)4;/h5-12,15,20H,13-14,16-19H2,1-4H3,(H2,25,26,27);1H. The summed E-state index contributed by atoms with van der Waals surface area (Å²) in [7, 11) is 5.86. The van der Waals surface area contributed by atoms with E-state index in [0.717, 1.165) is 30.4 Å². The Balaban J connectivity index is 0.00000480. The van der Waals surface area contributed by atoms with Gasteiger partial charge in [-0.3, -0.25) is 4.99 Å². The minimum absolute atomic E-state index is 0. The SMILES string of the molecule is CN=C(NCc1cccc(OCCN(C)C)c1)NCC(C)COCc1ccccc1.I. The zero-order valence-electron chi connectivity index (χ0n) is 19.1. The zero-order chi connectivity index (χ0) is 21.6. The molecule has 172 valence electrons. The largest absolute Gasteiger partial charge is 0.492 e. The molecule has 2 aromatic carbocycles. The molecule has 0 aromatic heterocycles. The van der Waals surface area contributed by atoms with Crippen LogP contribution in [0.2, 0.25) is 0 Å². The van der Waals surface area contributed by atoms with Gasteiger partial charge >= 0.3 is 0 Å². The molecule has 2 N–H and O–H groups in total. The highest BCUT2D eigenvalue weighted by molar-refractivity contribution is 14.0. The van der Waals surface area contributed by atoms with Crippen LogP contribution in [-0.4, -0.2) is 58.3 Å². The van der Waals surface area contributed by atoms with E-state index in [4.69, 9.17) is 9.47 Å². The molecule has 2 rings (SSSR count). The minimum Gasteiger partial charge on any atom is -0.492 e. The van der Waals surface area contributed by atoms with Gasteiger partial charge < -0.3 is 25.0 Å². The summed E-state index contributed by atoms with van der Waals surface area (Å²) in [6.07, 6.45) is 0. The average Bonchev–Trinajstić information content (AvgIpc) is 2.75. The molecule has 0 amide bonds. The van der Waals surface area contributed by atoms with Crippen LogP contribution in [0, 0.1) is 5.92 Å². The molecular formula is C24H37IN4O2. The van der Waals surface area contributed by atoms with E-state index in [1.54, 1.807) is 7.05 Å². The summed E-state index contributed by atoms with van der Waals surface area (Å²) in [5.74, 6) is 2.05. The fraction of sp³-hybridized carbons (Fsp3) is 0.458. The van der Waals surface area contributed by atoms with Crippen molar-refractivity contribution < 1.29 is 9.47 Å². The molecule has 2 aromatic rings. The average molecular weight is 540 g/mol. The second kappa shape index (κ2) is 15.9. The number of ether oxygens (including phenoxy) is 2. The number of hydrogen-bond donors (Lipinski definition) is 2. The van der Waals surface area contributed by atoms with Crippen molar-refractivity contribution in [2.24, 2.45) is 10.9 Å². The lowest BCUT2D eigenvalue weighted by Gasteiger charge is -2.17. The highest BCUT2D eigenvalue weighted by atomic mass is 127. The minimum atomic E-state index is 0. The Kier molecular flexibility index (Phi) is 13.9. The van der Waals surface area contributed by atoms with Crippen molar-refractivity contribution in [1.82, 2.24) is 15.5 Å². The van der Waals surface area contributed by atoms with Gasteiger partial charge in [0.1, 0.15) is 12.4 Å². The second-order valence-electron chi connectivity index (χ2n) is 7.71. The van der Waals surface area contributed by atoms with Crippen molar-refractivity contribution >= 4 is 29.9 Å². The number of hydrogen-bond acceptors (Lipinski definition) is 4. The first-order valence-electron chi connectivity index (χ1n) is 10.5. The lowest BCUT2D eigenvalue weighted by Crippen LogP contribution is -2.39. The molecule has 0 aliphatic heterocycles. The molecule has 0 fully saturated rings. The quantitative estimate of drug-likeness (QED) is 0.244. The van der Waals surface area contributed by atoms with Crippen LogP contribution >= 0.6 is 24.0 Å². The summed E-state index contributed by atoms with van der Waals surface area (Å²) in [4.78, 5) is 6.42. The Morgan fingerprint density at radius 1 is 1.03 bits per heavy atom. The lowest BCUT2D eigenvalue weighted by molar-refractivity contribution is 0.0931. The van der Waals surface area contributed by atoms with E-state index in [0.29, 0.717) is 32.3 Å². The number of guanidine groups is 1. The molecule has 0 aliphatic carbocycles. The monoisotopic (exact) mass is 540 g/mol. The Hall–Kier alpha value is -1.84. The van der Waals surface area contributed by atoms with Crippen molar-refractivity contribution in [3.8, 4) is 5.75 Å². The van der Waals surface area contributed by atoms with Gasteiger partial charge in [-0.05, 0) is 43.3 Å². The van der Waals surface area contributed by atoms with E-state index in [2.05, 4.69) is 51.7 Å². The molecule has 0 radical (unpaired) electrons. The number of nitrogens with one attached hydrogen (secondary N) is 2. The van der Waals surface area contributed by atoms with Crippen molar-refractivity contribution in [3.05, 3.63) is 65.7 Å². The van der Waals surface area contributed by atoms with Crippen LogP contribution in [0.4, 0.5) is 0 Å². The summed E-state index contributed by atoms with van der Waals surface area (Å²) in [5, 5.41) is 6.73. The van der Waals surface area contributed by atoms with E-state index in [-0.39, 0.29) is 24.0 Å². The predicted octanol–water partition coefficient (Wildman–Crippen LogP) is 3.76. The topological polar surface area (TPSA) is 58.1 Å². The van der Waals surface area contributed by atoms with Crippen LogP contribution in [0.25, 0.3) is 0 Å². The molecule has 0 heterocycles. The number of rotatable bonds is 12. The molecule has 7 heteroatoms. The summed E-state index contributed by atoms with van der Waals surface area (Å²) in [6, 6.07) is 18.4. The number of nitrogens with zero attached hydrogens (tertiary/aromatic N) is 2. The fourth-order valence-corrected chi connectivity index (χ4v) is 2.78. The van der Waals surface area contributed by atoms with Crippen molar-refractivity contribution in [2.45, 2.75) is 20.1 Å². The van der Waals surface area contributed by atoms with Gasteiger partial charge in [0.2, 0.25) is 0 Å². The van der Waals surface area contributed by atoms with Gasteiger partial charge in [-0.15, -0.1) is 24.0 Å². The maximum Gasteiger partial charge on any atom is 0.191 e. The van der Waals surface area contributed by atoms with Crippen molar-refractivity contribution in [2.75, 3.05) is 47.4 Å². The van der Waals surface area contributed by atoms with Crippen LogP contribution in [0.15, 0.2) is 59.6 Å². The van der Waals surface area contributed by atoms with Gasteiger partial charge in [0.05, 0.1) is 13.2 Å². The normalized spacial score (nSPS) is 12.2. The Morgan fingerprint density at radius 3 is 2.48 bits per heavy atom. The summed E-state index contributed by atoms with van der Waals surface area (Å²) in [6.45, 7) is 6.56. The molecule has 0 spiro atoms. The number of halogens is 1. The third-order valence-electron chi connectivity index (χ3n) is 4.52. The fourth-order valence-electron chi connectivity index (χ4n) is 2.78. The molecule has 1 atom stereocenters. The molecule has 6 nitrogen and oxygen atoms in total. The van der Waals surface area contributed by atoms with Gasteiger partial charge in [-0.1, -0.05) is 49.4 Å². The predicted molar refractivity (Wildman–Crippen MR) is 139 cm³/mol. The number of aliphatic imine (C=N–C) groups is 1. The number of benzene rings is 2. The van der Waals surface area contributed by atoms with Crippen LogP contribution in [0.1, 0.15) is 18.1 Å². The van der Waals surface area contributed by atoms with Crippen LogP contribution < -0.4 is 15.4 Å². The lowest BCUT2D eigenvalue weighted by atomic mass is 10.2. The van der Waals surface area contributed by atoms with Crippen LogP contribution in [0.3, 0.4) is 0 Å². The van der Waals surface area contributed by atoms with Gasteiger partial charge in [0.15, 0.2) is 5.96 Å². The second-order valence-corrected chi connectivity index (χ2v) is 7.71. The van der Waals surface area contributed by atoms with E-state index in [1.165, 1.54) is 5.56 Å². The number of likely N-dealkylation sites (N-methyl/N-ethyl adjacent to an activating group) is 1. The van der Waals surface area contributed by atoms with Crippen molar-refractivity contribution in [1.29, 1.82) is 0 Å². The molecule has 0 saturated carbocycles. The maximum absolute atomic E-state index is 5.82. The van der Waals surface area contributed by atoms with Crippen molar-refractivity contribution in [3.63, 3.8) is 0 Å². The highest BCUT2D eigenvalue weighted by Crippen LogP contribution is 2.13. The van der Waals surface area contributed by atoms with E-state index >= 15 is 0 Å². The van der Waals surface area contributed by atoms with Gasteiger partial charge in [0.25, 0.3) is 0 Å². The van der Waals surface area contributed by atoms with Gasteiger partial charge in [0, 0.05) is 26.7 Å². The van der Waals surface area contributed by atoms with E-state index < -0.39 is 0 Å². The molecule has 1 unspecified atom stereocenters. The first-order valence-corrected chi connectivity index (χ1v) is 10.5. The molecule has 0 aliphatic rings. The van der Waals surface area contributed by atoms with Gasteiger partial charge in [-0.25, -0.2) is 0 Å². The smallest absolute Gasteiger partial charge is 0.191 e. The summed E-state index contributed by atoms with van der Waals surface area (Å²) in [5.41, 5.74) is 2.35. The summed E-state index contributed by atoms with van der Waals surface area (Å²) < 4.78 is 11.6. The molecule has 0 bridgehead atoms. The van der Waals surface area contributed by atoms with Crippen LogP contribution in [-0.2, 0) is 17.9 Å². The Morgan fingerprint density at radius 2 is 1.77 bits per heavy atom. The molecule has 31 heavy (non-hydrogen) atoms. The molecular weight excluding hydrogens is 503 g/mol. The third-order valence-corrected chi connectivity index (χ3v) is 4.52. The van der Waals surface area contributed by atoms with E-state index in [9.17, 15) is 0 Å². The van der Waals surface area contributed by atoms with E-state index in [1.807, 2.05) is 44.4 Å². The summed E-state index contributed by atoms with van der Waals surface area (Å²) >= 11 is 0.